The van der Waals surface area contributed by atoms with Crippen molar-refractivity contribution in [1.82, 2.24) is 4.98 Å². The zero-order valence-electron chi connectivity index (χ0n) is 8.73. The Morgan fingerprint density at radius 3 is 2.87 bits per heavy atom. The molecule has 2 aromatic heterocycles. The van der Waals surface area contributed by atoms with E-state index in [2.05, 4.69) is 22.5 Å². The highest BCUT2D eigenvalue weighted by Gasteiger charge is 2.12. The van der Waals surface area contributed by atoms with Crippen LogP contribution in [0.1, 0.15) is 33.5 Å². The molecule has 1 atom stereocenters. The molecule has 2 nitrogen and oxygen atoms in total. The summed E-state index contributed by atoms with van der Waals surface area (Å²) in [5.74, 6) is 0. The molecule has 0 bridgehead atoms. The Hall–Kier alpha value is -0.710. The van der Waals surface area contributed by atoms with Crippen molar-refractivity contribution in [3.63, 3.8) is 0 Å². The molecule has 2 heterocycles. The number of rotatable bonds is 3. The Morgan fingerprint density at radius 1 is 1.53 bits per heavy atom. The molecule has 4 heteroatoms. The number of aliphatic hydroxyl groups is 1. The summed E-state index contributed by atoms with van der Waals surface area (Å²) in [5.41, 5.74) is 0.960. The second-order valence-electron chi connectivity index (χ2n) is 3.49. The van der Waals surface area contributed by atoms with Crippen LogP contribution in [0.3, 0.4) is 0 Å². The van der Waals surface area contributed by atoms with Crippen LogP contribution in [0.4, 0.5) is 0 Å². The highest BCUT2D eigenvalue weighted by molar-refractivity contribution is 7.12. The molecule has 0 aliphatic rings. The molecule has 0 aromatic carbocycles. The molecule has 0 saturated heterocycles. The quantitative estimate of drug-likeness (QED) is 0.892. The normalized spacial score (nSPS) is 13.0. The fourth-order valence-corrected chi connectivity index (χ4v) is 3.32. The molecule has 0 saturated carbocycles. The van der Waals surface area contributed by atoms with Crippen molar-refractivity contribution in [3.8, 4) is 0 Å². The molecule has 0 fully saturated rings. The topological polar surface area (TPSA) is 33.1 Å². The Kier molecular flexibility index (Phi) is 3.19. The summed E-state index contributed by atoms with van der Waals surface area (Å²) < 4.78 is 0. The van der Waals surface area contributed by atoms with Crippen LogP contribution in [0.5, 0.6) is 0 Å². The van der Waals surface area contributed by atoms with Gasteiger partial charge in [0.1, 0.15) is 0 Å². The van der Waals surface area contributed by atoms with Gasteiger partial charge in [0.25, 0.3) is 0 Å². The van der Waals surface area contributed by atoms with Crippen LogP contribution in [0.15, 0.2) is 17.5 Å². The van der Waals surface area contributed by atoms with E-state index < -0.39 is 6.10 Å². The van der Waals surface area contributed by atoms with Gasteiger partial charge in [0.05, 0.1) is 21.7 Å². The van der Waals surface area contributed by atoms with Gasteiger partial charge in [-0.2, -0.15) is 0 Å². The highest BCUT2D eigenvalue weighted by atomic mass is 32.1. The average molecular weight is 239 g/mol. The fourth-order valence-electron chi connectivity index (χ4n) is 1.49. The second kappa shape index (κ2) is 4.43. The minimum absolute atomic E-state index is 0.403. The van der Waals surface area contributed by atoms with Crippen LogP contribution < -0.4 is 0 Å². The predicted molar refractivity (Wildman–Crippen MR) is 64.6 cm³/mol. The lowest BCUT2D eigenvalue weighted by atomic mass is 10.3. The van der Waals surface area contributed by atoms with Crippen LogP contribution in [-0.2, 0) is 6.42 Å². The number of hydrogen-bond donors (Lipinski definition) is 1. The van der Waals surface area contributed by atoms with E-state index in [-0.39, 0.29) is 0 Å². The zero-order valence-corrected chi connectivity index (χ0v) is 10.4. The van der Waals surface area contributed by atoms with Gasteiger partial charge in [0, 0.05) is 11.3 Å². The maximum absolute atomic E-state index is 9.52. The Morgan fingerprint density at radius 2 is 2.33 bits per heavy atom. The molecular formula is C11H13NOS2. The van der Waals surface area contributed by atoms with Crippen molar-refractivity contribution < 1.29 is 5.11 Å². The van der Waals surface area contributed by atoms with E-state index in [9.17, 15) is 5.11 Å². The van der Waals surface area contributed by atoms with E-state index in [0.717, 1.165) is 22.0 Å². The molecule has 1 unspecified atom stereocenters. The third-order valence-electron chi connectivity index (χ3n) is 2.16. The van der Waals surface area contributed by atoms with Crippen LogP contribution in [0.25, 0.3) is 0 Å². The molecule has 1 N–H and O–H groups in total. The van der Waals surface area contributed by atoms with E-state index in [4.69, 9.17) is 0 Å². The summed E-state index contributed by atoms with van der Waals surface area (Å²) in [6, 6.07) is 4.17. The summed E-state index contributed by atoms with van der Waals surface area (Å²) in [4.78, 5) is 6.78. The Bertz CT molecular complexity index is 431. The van der Waals surface area contributed by atoms with E-state index in [1.54, 1.807) is 29.6 Å². The van der Waals surface area contributed by atoms with E-state index in [1.807, 2.05) is 6.92 Å². The molecular weight excluding hydrogens is 226 g/mol. The molecule has 15 heavy (non-hydrogen) atoms. The molecule has 2 rings (SSSR count). The van der Waals surface area contributed by atoms with Crippen LogP contribution in [-0.4, -0.2) is 10.1 Å². The van der Waals surface area contributed by atoms with Crippen molar-refractivity contribution in [2.75, 3.05) is 0 Å². The van der Waals surface area contributed by atoms with Crippen molar-refractivity contribution >= 4 is 22.7 Å². The van der Waals surface area contributed by atoms with Gasteiger partial charge in [-0.15, -0.1) is 22.7 Å². The van der Waals surface area contributed by atoms with Gasteiger partial charge in [0.15, 0.2) is 0 Å². The summed E-state index contributed by atoms with van der Waals surface area (Å²) in [6.45, 7) is 3.74. The lowest BCUT2D eigenvalue weighted by Gasteiger charge is -1.98. The molecule has 0 radical (unpaired) electrons. The first-order valence-corrected chi connectivity index (χ1v) is 6.53. The number of thiophene rings is 1. The summed E-state index contributed by atoms with van der Waals surface area (Å²) in [6.07, 6.45) is 0.482. The fraction of sp³-hybridized carbons (Fsp3) is 0.364. The predicted octanol–water partition coefficient (Wildman–Crippen LogP) is 3.16. The second-order valence-corrected chi connectivity index (χ2v) is 5.64. The van der Waals surface area contributed by atoms with Gasteiger partial charge >= 0.3 is 0 Å². The van der Waals surface area contributed by atoms with Gasteiger partial charge in [-0.05, 0) is 25.3 Å². The zero-order chi connectivity index (χ0) is 10.8. The number of aliphatic hydroxyl groups excluding tert-OH is 1. The first-order chi connectivity index (χ1) is 7.16. The SMILES string of the molecule is Cc1nc(Cc2cccs2)sc1C(C)O. The van der Waals surface area contributed by atoms with Crippen LogP contribution in [0.2, 0.25) is 0 Å². The smallest absolute Gasteiger partial charge is 0.0984 e. The number of aryl methyl sites for hydroxylation is 1. The largest absolute Gasteiger partial charge is 0.388 e. The van der Waals surface area contributed by atoms with Crippen LogP contribution >= 0.6 is 22.7 Å². The lowest BCUT2D eigenvalue weighted by molar-refractivity contribution is 0.202. The summed E-state index contributed by atoms with van der Waals surface area (Å²) >= 11 is 3.36. The van der Waals surface area contributed by atoms with Gasteiger partial charge in [0.2, 0.25) is 0 Å². The monoisotopic (exact) mass is 239 g/mol. The molecule has 80 valence electrons. The van der Waals surface area contributed by atoms with Gasteiger partial charge in [-0.25, -0.2) is 4.98 Å². The summed E-state index contributed by atoms with van der Waals surface area (Å²) in [5, 5.41) is 12.7. The Balaban J connectivity index is 2.20. The number of aromatic nitrogens is 1. The lowest BCUT2D eigenvalue weighted by Crippen LogP contribution is -1.88. The number of hydrogen-bond acceptors (Lipinski definition) is 4. The third-order valence-corrected chi connectivity index (χ3v) is 4.37. The van der Waals surface area contributed by atoms with Crippen molar-refractivity contribution in [2.24, 2.45) is 0 Å². The first-order valence-electron chi connectivity index (χ1n) is 4.83. The minimum atomic E-state index is -0.403. The first kappa shape index (κ1) is 10.8. The molecule has 2 aromatic rings. The number of nitrogens with zero attached hydrogens (tertiary/aromatic N) is 1. The van der Waals surface area contributed by atoms with Gasteiger partial charge < -0.3 is 5.11 Å². The minimum Gasteiger partial charge on any atom is -0.388 e. The van der Waals surface area contributed by atoms with Crippen molar-refractivity contribution in [1.29, 1.82) is 0 Å². The highest BCUT2D eigenvalue weighted by Crippen LogP contribution is 2.27. The maximum Gasteiger partial charge on any atom is 0.0984 e. The average Bonchev–Trinajstić information content (AvgIpc) is 2.75. The van der Waals surface area contributed by atoms with Gasteiger partial charge in [-0.1, -0.05) is 6.07 Å². The van der Waals surface area contributed by atoms with E-state index in [0.29, 0.717) is 0 Å². The number of thiazole rings is 1. The standard InChI is InChI=1S/C11H13NOS2/c1-7-11(8(2)13)15-10(12-7)6-9-4-3-5-14-9/h3-5,8,13H,6H2,1-2H3. The van der Waals surface area contributed by atoms with Gasteiger partial charge in [-0.3, -0.25) is 0 Å². The van der Waals surface area contributed by atoms with Crippen molar-refractivity contribution in [2.45, 2.75) is 26.4 Å². The maximum atomic E-state index is 9.52. The molecule has 0 amide bonds. The molecule has 0 aliphatic heterocycles. The Labute approximate surface area is 97.2 Å². The molecule has 0 spiro atoms. The third kappa shape index (κ3) is 2.45. The van der Waals surface area contributed by atoms with E-state index in [1.165, 1.54) is 4.88 Å². The van der Waals surface area contributed by atoms with Crippen molar-refractivity contribution in [3.05, 3.63) is 38.0 Å². The van der Waals surface area contributed by atoms with Crippen LogP contribution in [0, 0.1) is 6.92 Å². The molecule has 0 aliphatic carbocycles. The summed E-state index contributed by atoms with van der Waals surface area (Å²) in [7, 11) is 0. The van der Waals surface area contributed by atoms with E-state index >= 15 is 0 Å².